The fourth-order valence-electron chi connectivity index (χ4n) is 0.918. The van der Waals surface area contributed by atoms with E-state index in [9.17, 15) is 9.59 Å². The second-order valence-corrected chi connectivity index (χ2v) is 3.17. The van der Waals surface area contributed by atoms with Crippen LogP contribution in [0.3, 0.4) is 0 Å². The van der Waals surface area contributed by atoms with Gasteiger partial charge in [0.15, 0.2) is 0 Å². The summed E-state index contributed by atoms with van der Waals surface area (Å²) in [5, 5.41) is 8.39. The normalized spacial score (nSPS) is 12.2. The molecule has 0 unspecified atom stereocenters. The third kappa shape index (κ3) is 8.85. The van der Waals surface area contributed by atoms with Crippen molar-refractivity contribution in [2.45, 2.75) is 33.1 Å². The van der Waals surface area contributed by atoms with Gasteiger partial charge in [-0.25, -0.2) is 0 Å². The van der Waals surface area contributed by atoms with Crippen molar-refractivity contribution >= 4 is 11.9 Å². The molecule has 0 saturated heterocycles. The van der Waals surface area contributed by atoms with Gasteiger partial charge in [0.2, 0.25) is 0 Å². The Morgan fingerprint density at radius 2 is 2.00 bits per heavy atom. The maximum absolute atomic E-state index is 10.4. The quantitative estimate of drug-likeness (QED) is 0.640. The number of carbonyl (C=O) groups excluding carboxylic acids is 1. The first-order chi connectivity index (χ1) is 6.02. The van der Waals surface area contributed by atoms with Gasteiger partial charge in [-0.1, -0.05) is 6.92 Å². The number of rotatable bonds is 6. The van der Waals surface area contributed by atoms with Crippen LogP contribution in [0.5, 0.6) is 0 Å². The van der Waals surface area contributed by atoms with Gasteiger partial charge in [-0.15, -0.1) is 0 Å². The second kappa shape index (κ2) is 6.46. The highest BCUT2D eigenvalue weighted by molar-refractivity contribution is 5.66. The van der Waals surface area contributed by atoms with Gasteiger partial charge in [-0.2, -0.15) is 0 Å². The third-order valence-electron chi connectivity index (χ3n) is 1.77. The van der Waals surface area contributed by atoms with E-state index in [0.717, 1.165) is 6.42 Å². The van der Waals surface area contributed by atoms with Gasteiger partial charge in [0.25, 0.3) is 0 Å². The van der Waals surface area contributed by atoms with Crippen LogP contribution in [-0.2, 0) is 14.3 Å². The minimum absolute atomic E-state index is 0.182. The summed E-state index contributed by atoms with van der Waals surface area (Å²) in [5.41, 5.74) is 0. The van der Waals surface area contributed by atoms with Crippen molar-refractivity contribution in [2.24, 2.45) is 5.92 Å². The number of ether oxygens (including phenoxy) is 1. The van der Waals surface area contributed by atoms with Crippen LogP contribution in [0, 0.1) is 5.92 Å². The van der Waals surface area contributed by atoms with Gasteiger partial charge >= 0.3 is 11.9 Å². The van der Waals surface area contributed by atoms with Crippen LogP contribution in [-0.4, -0.2) is 23.7 Å². The maximum Gasteiger partial charge on any atom is 0.303 e. The largest absolute Gasteiger partial charge is 0.481 e. The minimum atomic E-state index is -0.778. The highest BCUT2D eigenvalue weighted by Crippen LogP contribution is 2.09. The fourth-order valence-corrected chi connectivity index (χ4v) is 0.918. The van der Waals surface area contributed by atoms with Gasteiger partial charge < -0.3 is 9.84 Å². The first-order valence-corrected chi connectivity index (χ1v) is 4.37. The molecule has 0 radical (unpaired) electrons. The Hall–Kier alpha value is -1.06. The lowest BCUT2D eigenvalue weighted by Gasteiger charge is -2.08. The van der Waals surface area contributed by atoms with Crippen molar-refractivity contribution in [2.75, 3.05) is 6.61 Å². The zero-order valence-corrected chi connectivity index (χ0v) is 8.08. The maximum atomic E-state index is 10.4. The average Bonchev–Trinajstić information content (AvgIpc) is 2.00. The topological polar surface area (TPSA) is 63.6 Å². The average molecular weight is 188 g/mol. The Kier molecular flexibility index (Phi) is 5.93. The molecule has 0 spiro atoms. The number of aliphatic carboxylic acids is 1. The molecule has 0 amide bonds. The molecule has 0 fully saturated rings. The lowest BCUT2D eigenvalue weighted by Crippen LogP contribution is -2.07. The molecule has 0 bridgehead atoms. The van der Waals surface area contributed by atoms with E-state index in [4.69, 9.17) is 9.84 Å². The Balaban J connectivity index is 3.35. The van der Waals surface area contributed by atoms with E-state index in [1.165, 1.54) is 6.92 Å². The van der Waals surface area contributed by atoms with Crippen LogP contribution in [0.25, 0.3) is 0 Å². The number of hydrogen-bond donors (Lipinski definition) is 1. The number of hydrogen-bond acceptors (Lipinski definition) is 3. The molecule has 4 heteroatoms. The van der Waals surface area contributed by atoms with E-state index < -0.39 is 5.97 Å². The summed E-state index contributed by atoms with van der Waals surface area (Å²) in [6.07, 6.45) is 1.55. The molecule has 0 heterocycles. The standard InChI is InChI=1S/C9H16O4/c1-7(3-4-9(11)12)5-6-13-8(2)10/h7H,3-6H2,1-2H3,(H,11,12)/t7-/m0/s1. The highest BCUT2D eigenvalue weighted by Gasteiger charge is 2.05. The van der Waals surface area contributed by atoms with Crippen LogP contribution < -0.4 is 0 Å². The predicted molar refractivity (Wildman–Crippen MR) is 47.3 cm³/mol. The molecule has 0 aromatic heterocycles. The predicted octanol–water partition coefficient (Wildman–Crippen LogP) is 1.44. The summed E-state index contributed by atoms with van der Waals surface area (Å²) >= 11 is 0. The lowest BCUT2D eigenvalue weighted by atomic mass is 10.0. The third-order valence-corrected chi connectivity index (χ3v) is 1.77. The molecule has 0 saturated carbocycles. The molecule has 1 atom stereocenters. The van der Waals surface area contributed by atoms with Gasteiger partial charge in [-0.3, -0.25) is 9.59 Å². The Bertz CT molecular complexity index is 176. The van der Waals surface area contributed by atoms with Crippen molar-refractivity contribution in [3.05, 3.63) is 0 Å². The molecule has 0 rings (SSSR count). The van der Waals surface area contributed by atoms with Crippen LogP contribution in [0.1, 0.15) is 33.1 Å². The molecule has 4 nitrogen and oxygen atoms in total. The zero-order chi connectivity index (χ0) is 10.3. The lowest BCUT2D eigenvalue weighted by molar-refractivity contribution is -0.142. The molecule has 76 valence electrons. The van der Waals surface area contributed by atoms with Gasteiger partial charge in [0.05, 0.1) is 6.61 Å². The Morgan fingerprint density at radius 1 is 1.38 bits per heavy atom. The summed E-state index contributed by atoms with van der Waals surface area (Å²) in [6, 6.07) is 0. The monoisotopic (exact) mass is 188 g/mol. The fraction of sp³-hybridized carbons (Fsp3) is 0.778. The molecule has 0 aliphatic carbocycles. The second-order valence-electron chi connectivity index (χ2n) is 3.17. The van der Waals surface area contributed by atoms with Gasteiger partial charge in [-0.05, 0) is 18.8 Å². The van der Waals surface area contributed by atoms with Gasteiger partial charge in [0, 0.05) is 13.3 Å². The van der Waals surface area contributed by atoms with Crippen molar-refractivity contribution < 1.29 is 19.4 Å². The molecule has 0 aliphatic rings. The molecular formula is C9H16O4. The first kappa shape index (κ1) is 11.9. The molecular weight excluding hydrogens is 172 g/mol. The SMILES string of the molecule is CC(=O)OCC[C@@H](C)CCC(=O)O. The molecule has 13 heavy (non-hydrogen) atoms. The highest BCUT2D eigenvalue weighted by atomic mass is 16.5. The van der Waals surface area contributed by atoms with Crippen molar-refractivity contribution in [1.82, 2.24) is 0 Å². The van der Waals surface area contributed by atoms with Crippen molar-refractivity contribution in [3.63, 3.8) is 0 Å². The van der Waals surface area contributed by atoms with Gasteiger partial charge in [0.1, 0.15) is 0 Å². The zero-order valence-electron chi connectivity index (χ0n) is 8.08. The van der Waals surface area contributed by atoms with E-state index in [2.05, 4.69) is 0 Å². The van der Waals surface area contributed by atoms with E-state index >= 15 is 0 Å². The summed E-state index contributed by atoms with van der Waals surface area (Å²) < 4.78 is 4.73. The Labute approximate surface area is 77.9 Å². The van der Waals surface area contributed by atoms with Crippen LogP contribution in [0.4, 0.5) is 0 Å². The van der Waals surface area contributed by atoms with E-state index in [1.807, 2.05) is 6.92 Å². The smallest absolute Gasteiger partial charge is 0.303 e. The number of esters is 1. The number of carboxylic acid groups (broad SMARTS) is 1. The number of carboxylic acids is 1. The van der Waals surface area contributed by atoms with Crippen LogP contribution in [0.2, 0.25) is 0 Å². The first-order valence-electron chi connectivity index (χ1n) is 4.37. The van der Waals surface area contributed by atoms with Crippen molar-refractivity contribution in [3.8, 4) is 0 Å². The van der Waals surface area contributed by atoms with E-state index in [0.29, 0.717) is 13.0 Å². The summed E-state index contributed by atoms with van der Waals surface area (Å²) in [5.74, 6) is -0.778. The van der Waals surface area contributed by atoms with E-state index in [1.54, 1.807) is 0 Å². The summed E-state index contributed by atoms with van der Waals surface area (Å²) in [7, 11) is 0. The molecule has 0 aromatic carbocycles. The summed E-state index contributed by atoms with van der Waals surface area (Å²) in [6.45, 7) is 3.70. The van der Waals surface area contributed by atoms with E-state index in [-0.39, 0.29) is 18.3 Å². The molecule has 0 aliphatic heterocycles. The Morgan fingerprint density at radius 3 is 2.46 bits per heavy atom. The van der Waals surface area contributed by atoms with Crippen LogP contribution >= 0.6 is 0 Å². The van der Waals surface area contributed by atoms with Crippen molar-refractivity contribution in [1.29, 1.82) is 0 Å². The summed E-state index contributed by atoms with van der Waals surface area (Å²) in [4.78, 5) is 20.6. The molecule has 1 N–H and O–H groups in total. The van der Waals surface area contributed by atoms with Crippen LogP contribution in [0.15, 0.2) is 0 Å². The number of carbonyl (C=O) groups is 2. The minimum Gasteiger partial charge on any atom is -0.481 e. The molecule has 0 aromatic rings.